The molecule has 0 amide bonds. The standard InChI is InChI=1S/C14H13N3/c15-9-12-5-1-2-6-13(12)10-16-11-14-7-3-4-8-17-14/h1-8,16H,10-11H2. The molecule has 0 aliphatic rings. The van der Waals surface area contributed by atoms with Crippen LogP contribution in [0.5, 0.6) is 0 Å². The lowest BCUT2D eigenvalue weighted by molar-refractivity contribution is 0.679. The third-order valence-electron chi connectivity index (χ3n) is 2.49. The number of nitriles is 1. The summed E-state index contributed by atoms with van der Waals surface area (Å²) in [5.74, 6) is 0. The van der Waals surface area contributed by atoms with E-state index in [-0.39, 0.29) is 0 Å². The van der Waals surface area contributed by atoms with E-state index >= 15 is 0 Å². The Labute approximate surface area is 101 Å². The van der Waals surface area contributed by atoms with Crippen LogP contribution in [-0.2, 0) is 13.1 Å². The van der Waals surface area contributed by atoms with Crippen molar-refractivity contribution in [2.45, 2.75) is 13.1 Å². The lowest BCUT2D eigenvalue weighted by Gasteiger charge is -2.05. The Bertz CT molecular complexity index is 514. The molecular formula is C14H13N3. The fourth-order valence-electron chi connectivity index (χ4n) is 1.61. The largest absolute Gasteiger partial charge is 0.307 e. The molecule has 0 spiro atoms. The third kappa shape index (κ3) is 3.13. The number of hydrogen-bond acceptors (Lipinski definition) is 3. The molecule has 0 aliphatic heterocycles. The van der Waals surface area contributed by atoms with Crippen LogP contribution in [-0.4, -0.2) is 4.98 Å². The number of nitrogens with zero attached hydrogens (tertiary/aromatic N) is 2. The maximum atomic E-state index is 8.94. The smallest absolute Gasteiger partial charge is 0.0995 e. The van der Waals surface area contributed by atoms with Gasteiger partial charge < -0.3 is 5.32 Å². The SMILES string of the molecule is N#Cc1ccccc1CNCc1ccccn1. The van der Waals surface area contributed by atoms with Crippen molar-refractivity contribution in [3.8, 4) is 6.07 Å². The van der Waals surface area contributed by atoms with Gasteiger partial charge in [0.2, 0.25) is 0 Å². The summed E-state index contributed by atoms with van der Waals surface area (Å²) in [6.07, 6.45) is 1.78. The van der Waals surface area contributed by atoms with E-state index in [1.165, 1.54) is 0 Å². The molecule has 0 saturated carbocycles. The average Bonchev–Trinajstić information content (AvgIpc) is 2.40. The van der Waals surface area contributed by atoms with Gasteiger partial charge in [0.25, 0.3) is 0 Å². The molecule has 1 heterocycles. The van der Waals surface area contributed by atoms with Crippen molar-refractivity contribution < 1.29 is 0 Å². The molecule has 3 nitrogen and oxygen atoms in total. The van der Waals surface area contributed by atoms with E-state index in [1.807, 2.05) is 42.5 Å². The average molecular weight is 223 g/mol. The normalized spacial score (nSPS) is 9.82. The quantitative estimate of drug-likeness (QED) is 0.864. The summed E-state index contributed by atoms with van der Waals surface area (Å²) in [7, 11) is 0. The molecule has 0 radical (unpaired) electrons. The molecule has 0 fully saturated rings. The van der Waals surface area contributed by atoms with Crippen molar-refractivity contribution in [2.24, 2.45) is 0 Å². The van der Waals surface area contributed by atoms with Gasteiger partial charge in [-0.15, -0.1) is 0 Å². The highest BCUT2D eigenvalue weighted by Gasteiger charge is 2.00. The van der Waals surface area contributed by atoms with Crippen molar-refractivity contribution in [2.75, 3.05) is 0 Å². The van der Waals surface area contributed by atoms with Crippen molar-refractivity contribution in [1.29, 1.82) is 5.26 Å². The molecule has 0 atom stereocenters. The van der Waals surface area contributed by atoms with Crippen LogP contribution in [0.2, 0.25) is 0 Å². The van der Waals surface area contributed by atoms with Gasteiger partial charge in [0, 0.05) is 19.3 Å². The number of rotatable bonds is 4. The van der Waals surface area contributed by atoms with E-state index in [4.69, 9.17) is 5.26 Å². The topological polar surface area (TPSA) is 48.7 Å². The van der Waals surface area contributed by atoms with Crippen LogP contribution in [0.4, 0.5) is 0 Å². The van der Waals surface area contributed by atoms with E-state index in [9.17, 15) is 0 Å². The Balaban J connectivity index is 1.93. The van der Waals surface area contributed by atoms with Crippen LogP contribution in [0.15, 0.2) is 48.7 Å². The van der Waals surface area contributed by atoms with Crippen LogP contribution in [0.1, 0.15) is 16.8 Å². The third-order valence-corrected chi connectivity index (χ3v) is 2.49. The zero-order valence-corrected chi connectivity index (χ0v) is 9.43. The first-order valence-electron chi connectivity index (χ1n) is 5.49. The molecule has 3 heteroatoms. The number of pyridine rings is 1. The first-order valence-corrected chi connectivity index (χ1v) is 5.49. The van der Waals surface area contributed by atoms with Gasteiger partial charge in [-0.1, -0.05) is 24.3 Å². The molecule has 84 valence electrons. The van der Waals surface area contributed by atoms with Gasteiger partial charge in [-0.05, 0) is 23.8 Å². The minimum absolute atomic E-state index is 0.681. The van der Waals surface area contributed by atoms with Crippen LogP contribution in [0.25, 0.3) is 0 Å². The van der Waals surface area contributed by atoms with Crippen molar-refractivity contribution in [1.82, 2.24) is 10.3 Å². The lowest BCUT2D eigenvalue weighted by atomic mass is 10.1. The highest BCUT2D eigenvalue weighted by molar-refractivity contribution is 5.37. The first-order chi connectivity index (χ1) is 8.40. The second kappa shape index (κ2) is 5.78. The van der Waals surface area contributed by atoms with E-state index in [0.29, 0.717) is 13.1 Å². The molecule has 1 aromatic heterocycles. The Hall–Kier alpha value is -2.18. The van der Waals surface area contributed by atoms with E-state index in [2.05, 4.69) is 16.4 Å². The summed E-state index contributed by atoms with van der Waals surface area (Å²) in [6, 6.07) is 15.6. The predicted molar refractivity (Wildman–Crippen MR) is 65.9 cm³/mol. The first kappa shape index (κ1) is 11.3. The van der Waals surface area contributed by atoms with Crippen molar-refractivity contribution in [3.63, 3.8) is 0 Å². The molecule has 0 unspecified atom stereocenters. The second-order valence-corrected chi connectivity index (χ2v) is 3.69. The summed E-state index contributed by atoms with van der Waals surface area (Å²) in [5, 5.41) is 12.2. The number of hydrogen-bond donors (Lipinski definition) is 1. The van der Waals surface area contributed by atoms with Crippen LogP contribution < -0.4 is 5.32 Å². The van der Waals surface area contributed by atoms with Gasteiger partial charge in [-0.25, -0.2) is 0 Å². The zero-order valence-electron chi connectivity index (χ0n) is 9.43. The molecule has 2 aromatic rings. The molecule has 1 N–H and O–H groups in total. The highest BCUT2D eigenvalue weighted by atomic mass is 14.9. The predicted octanol–water partition coefficient (Wildman–Crippen LogP) is 2.24. The molecule has 1 aromatic carbocycles. The Morgan fingerprint density at radius 1 is 1.06 bits per heavy atom. The highest BCUT2D eigenvalue weighted by Crippen LogP contribution is 2.06. The molecular weight excluding hydrogens is 210 g/mol. The monoisotopic (exact) mass is 223 g/mol. The molecule has 0 saturated heterocycles. The number of aromatic nitrogens is 1. The summed E-state index contributed by atoms with van der Waals surface area (Å²) >= 11 is 0. The van der Waals surface area contributed by atoms with Gasteiger partial charge in [-0.3, -0.25) is 4.98 Å². The Morgan fingerprint density at radius 3 is 2.65 bits per heavy atom. The zero-order chi connectivity index (χ0) is 11.9. The fourth-order valence-corrected chi connectivity index (χ4v) is 1.61. The van der Waals surface area contributed by atoms with Gasteiger partial charge in [0.05, 0.1) is 17.3 Å². The molecule has 17 heavy (non-hydrogen) atoms. The minimum Gasteiger partial charge on any atom is -0.307 e. The summed E-state index contributed by atoms with van der Waals surface area (Å²) in [4.78, 5) is 4.22. The second-order valence-electron chi connectivity index (χ2n) is 3.69. The van der Waals surface area contributed by atoms with Crippen molar-refractivity contribution >= 4 is 0 Å². The molecule has 2 rings (SSSR count). The van der Waals surface area contributed by atoms with E-state index in [0.717, 1.165) is 16.8 Å². The van der Waals surface area contributed by atoms with Crippen molar-refractivity contribution in [3.05, 3.63) is 65.5 Å². The Morgan fingerprint density at radius 2 is 1.88 bits per heavy atom. The van der Waals surface area contributed by atoms with Gasteiger partial charge >= 0.3 is 0 Å². The Kier molecular flexibility index (Phi) is 3.85. The maximum Gasteiger partial charge on any atom is 0.0995 e. The van der Waals surface area contributed by atoms with Crippen LogP contribution in [0, 0.1) is 11.3 Å². The fraction of sp³-hybridized carbons (Fsp3) is 0.143. The van der Waals surface area contributed by atoms with Gasteiger partial charge in [-0.2, -0.15) is 5.26 Å². The maximum absolute atomic E-state index is 8.94. The number of nitrogens with one attached hydrogen (secondary N) is 1. The number of benzene rings is 1. The van der Waals surface area contributed by atoms with E-state index in [1.54, 1.807) is 6.20 Å². The van der Waals surface area contributed by atoms with Gasteiger partial charge in [0.1, 0.15) is 0 Å². The minimum atomic E-state index is 0.681. The van der Waals surface area contributed by atoms with Crippen LogP contribution >= 0.6 is 0 Å². The summed E-state index contributed by atoms with van der Waals surface area (Å²) in [6.45, 7) is 1.39. The van der Waals surface area contributed by atoms with E-state index < -0.39 is 0 Å². The summed E-state index contributed by atoms with van der Waals surface area (Å²) < 4.78 is 0. The lowest BCUT2D eigenvalue weighted by Crippen LogP contribution is -2.14. The summed E-state index contributed by atoms with van der Waals surface area (Å²) in [5.41, 5.74) is 2.74. The molecule has 0 aliphatic carbocycles. The van der Waals surface area contributed by atoms with Crippen LogP contribution in [0.3, 0.4) is 0 Å². The molecule has 0 bridgehead atoms. The van der Waals surface area contributed by atoms with Gasteiger partial charge in [0.15, 0.2) is 0 Å².